The van der Waals surface area contributed by atoms with Crippen molar-refractivity contribution in [2.24, 2.45) is 0 Å². The molecule has 0 spiro atoms. The molecule has 5 heteroatoms. The van der Waals surface area contributed by atoms with Crippen LogP contribution in [0.25, 0.3) is 0 Å². The Balaban J connectivity index is 3.38. The van der Waals surface area contributed by atoms with Gasteiger partial charge in [0, 0.05) is 13.2 Å². The van der Waals surface area contributed by atoms with Gasteiger partial charge in [-0.1, -0.05) is 0 Å². The van der Waals surface area contributed by atoms with Crippen LogP contribution in [0.5, 0.6) is 0 Å². The van der Waals surface area contributed by atoms with Gasteiger partial charge in [0.15, 0.2) is 0 Å². The highest BCUT2D eigenvalue weighted by Crippen LogP contribution is 1.86. The van der Waals surface area contributed by atoms with Crippen LogP contribution in [0.1, 0.15) is 6.92 Å². The lowest BCUT2D eigenvalue weighted by Crippen LogP contribution is -2.41. The molecule has 0 aromatic heterocycles. The molecule has 13 heavy (non-hydrogen) atoms. The van der Waals surface area contributed by atoms with E-state index in [-0.39, 0.29) is 25.9 Å². The van der Waals surface area contributed by atoms with Crippen molar-refractivity contribution < 1.29 is 20.1 Å². The molecule has 0 bridgehead atoms. The van der Waals surface area contributed by atoms with E-state index in [0.29, 0.717) is 13.2 Å². The Morgan fingerprint density at radius 3 is 2.38 bits per heavy atom. The van der Waals surface area contributed by atoms with Gasteiger partial charge in [0.2, 0.25) is 0 Å². The average Bonchev–Trinajstić information content (AvgIpc) is 2.16. The largest absolute Gasteiger partial charge is 0.395 e. The molecule has 80 valence electrons. The molecule has 0 aliphatic carbocycles. The highest BCUT2D eigenvalue weighted by molar-refractivity contribution is 4.66. The first-order valence-corrected chi connectivity index (χ1v) is 4.45. The predicted octanol–water partition coefficient (Wildman–Crippen LogP) is -1.67. The van der Waals surface area contributed by atoms with Gasteiger partial charge < -0.3 is 25.4 Å². The van der Waals surface area contributed by atoms with E-state index >= 15 is 0 Å². The Kier molecular flexibility index (Phi) is 8.27. The zero-order valence-corrected chi connectivity index (χ0v) is 7.94. The van der Waals surface area contributed by atoms with Gasteiger partial charge in [-0.15, -0.1) is 0 Å². The Morgan fingerprint density at radius 2 is 1.92 bits per heavy atom. The van der Waals surface area contributed by atoms with E-state index < -0.39 is 6.10 Å². The Labute approximate surface area is 78.3 Å². The van der Waals surface area contributed by atoms with Crippen LogP contribution in [-0.2, 0) is 4.74 Å². The molecule has 1 atom stereocenters. The first kappa shape index (κ1) is 12.8. The van der Waals surface area contributed by atoms with Gasteiger partial charge in [0.05, 0.1) is 32.0 Å². The summed E-state index contributed by atoms with van der Waals surface area (Å²) < 4.78 is 4.98. The number of rotatable bonds is 8. The van der Waals surface area contributed by atoms with Crippen molar-refractivity contribution >= 4 is 0 Å². The van der Waals surface area contributed by atoms with Gasteiger partial charge in [0.1, 0.15) is 0 Å². The lowest BCUT2D eigenvalue weighted by Gasteiger charge is -2.16. The SMILES string of the molecule is CCOCC(O)CNC(CO)CO. The molecule has 0 aromatic carbocycles. The van der Waals surface area contributed by atoms with Crippen LogP contribution in [0, 0.1) is 0 Å². The molecule has 0 saturated carbocycles. The Bertz CT molecular complexity index is 108. The highest BCUT2D eigenvalue weighted by Gasteiger charge is 2.08. The van der Waals surface area contributed by atoms with Gasteiger partial charge in [0.25, 0.3) is 0 Å². The summed E-state index contributed by atoms with van der Waals surface area (Å²) in [5.41, 5.74) is 0. The number of hydrogen-bond donors (Lipinski definition) is 4. The van der Waals surface area contributed by atoms with Crippen molar-refractivity contribution in [1.82, 2.24) is 5.32 Å². The molecule has 0 radical (unpaired) electrons. The van der Waals surface area contributed by atoms with Gasteiger partial charge in [-0.25, -0.2) is 0 Å². The molecule has 5 nitrogen and oxygen atoms in total. The third kappa shape index (κ3) is 6.92. The van der Waals surface area contributed by atoms with Gasteiger partial charge in [-0.2, -0.15) is 0 Å². The number of nitrogens with one attached hydrogen (secondary N) is 1. The van der Waals surface area contributed by atoms with Gasteiger partial charge >= 0.3 is 0 Å². The van der Waals surface area contributed by atoms with Gasteiger partial charge in [-0.3, -0.25) is 0 Å². The minimum atomic E-state index is -0.597. The van der Waals surface area contributed by atoms with Crippen molar-refractivity contribution in [2.45, 2.75) is 19.1 Å². The second-order valence-corrected chi connectivity index (χ2v) is 2.78. The summed E-state index contributed by atoms with van der Waals surface area (Å²) in [6.45, 7) is 2.72. The average molecular weight is 193 g/mol. The van der Waals surface area contributed by atoms with Gasteiger partial charge in [-0.05, 0) is 6.92 Å². The summed E-state index contributed by atoms with van der Waals surface area (Å²) in [6.07, 6.45) is -0.597. The van der Waals surface area contributed by atoms with E-state index in [1.54, 1.807) is 0 Å². The number of aliphatic hydroxyl groups is 3. The summed E-state index contributed by atoms with van der Waals surface area (Å²) >= 11 is 0. The van der Waals surface area contributed by atoms with E-state index in [2.05, 4.69) is 5.32 Å². The third-order valence-corrected chi connectivity index (χ3v) is 1.60. The third-order valence-electron chi connectivity index (χ3n) is 1.60. The van der Waals surface area contributed by atoms with Crippen molar-refractivity contribution in [2.75, 3.05) is 33.0 Å². The molecule has 0 fully saturated rings. The molecule has 0 rings (SSSR count). The maximum absolute atomic E-state index is 9.27. The highest BCUT2D eigenvalue weighted by atomic mass is 16.5. The molecular weight excluding hydrogens is 174 g/mol. The standard InChI is InChI=1S/C8H19NO4/c1-2-13-6-8(12)3-9-7(4-10)5-11/h7-12H,2-6H2,1H3. The maximum Gasteiger partial charge on any atom is 0.0897 e. The van der Waals surface area contributed by atoms with E-state index in [1.807, 2.05) is 6.92 Å². The van der Waals surface area contributed by atoms with Crippen LogP contribution in [0.15, 0.2) is 0 Å². The van der Waals surface area contributed by atoms with Crippen molar-refractivity contribution in [3.05, 3.63) is 0 Å². The fraction of sp³-hybridized carbons (Fsp3) is 1.00. The molecule has 0 amide bonds. The molecule has 0 saturated heterocycles. The zero-order valence-electron chi connectivity index (χ0n) is 7.94. The molecule has 0 aliphatic rings. The first-order chi connectivity index (χ1) is 6.24. The molecule has 0 aromatic rings. The minimum Gasteiger partial charge on any atom is -0.395 e. The summed E-state index contributed by atoms with van der Waals surface area (Å²) in [4.78, 5) is 0. The second kappa shape index (κ2) is 8.40. The Hall–Kier alpha value is -0.200. The minimum absolute atomic E-state index is 0.141. The topological polar surface area (TPSA) is 82.0 Å². The van der Waals surface area contributed by atoms with Crippen LogP contribution in [0.3, 0.4) is 0 Å². The molecule has 4 N–H and O–H groups in total. The predicted molar refractivity (Wildman–Crippen MR) is 48.5 cm³/mol. The lowest BCUT2D eigenvalue weighted by molar-refractivity contribution is 0.0381. The van der Waals surface area contributed by atoms with Crippen LogP contribution in [0.2, 0.25) is 0 Å². The van der Waals surface area contributed by atoms with Crippen molar-refractivity contribution in [3.8, 4) is 0 Å². The second-order valence-electron chi connectivity index (χ2n) is 2.78. The molecule has 0 aliphatic heterocycles. The fourth-order valence-electron chi connectivity index (χ4n) is 0.802. The normalized spacial score (nSPS) is 13.6. The Morgan fingerprint density at radius 1 is 1.31 bits per heavy atom. The molecule has 1 unspecified atom stereocenters. The summed E-state index contributed by atoms with van der Waals surface area (Å²) in [6, 6.07) is -0.365. The van der Waals surface area contributed by atoms with Crippen LogP contribution >= 0.6 is 0 Å². The van der Waals surface area contributed by atoms with E-state index in [1.165, 1.54) is 0 Å². The smallest absolute Gasteiger partial charge is 0.0897 e. The molecular formula is C8H19NO4. The maximum atomic E-state index is 9.27. The first-order valence-electron chi connectivity index (χ1n) is 4.45. The van der Waals surface area contributed by atoms with Crippen molar-refractivity contribution in [3.63, 3.8) is 0 Å². The summed E-state index contributed by atoms with van der Waals surface area (Å²) in [7, 11) is 0. The lowest BCUT2D eigenvalue weighted by atomic mass is 10.3. The summed E-state index contributed by atoms with van der Waals surface area (Å²) in [5.74, 6) is 0. The number of aliphatic hydroxyl groups excluding tert-OH is 3. The quantitative estimate of drug-likeness (QED) is 0.370. The summed E-state index contributed by atoms with van der Waals surface area (Å²) in [5, 5.41) is 29.4. The van der Waals surface area contributed by atoms with E-state index in [0.717, 1.165) is 0 Å². The van der Waals surface area contributed by atoms with Crippen LogP contribution in [-0.4, -0.2) is 60.4 Å². The van der Waals surface area contributed by atoms with Crippen LogP contribution < -0.4 is 5.32 Å². The number of ether oxygens (including phenoxy) is 1. The van der Waals surface area contributed by atoms with E-state index in [4.69, 9.17) is 14.9 Å². The monoisotopic (exact) mass is 193 g/mol. The van der Waals surface area contributed by atoms with E-state index in [9.17, 15) is 5.11 Å². The zero-order chi connectivity index (χ0) is 10.1. The van der Waals surface area contributed by atoms with Crippen LogP contribution in [0.4, 0.5) is 0 Å². The molecule has 0 heterocycles. The fourth-order valence-corrected chi connectivity index (χ4v) is 0.802. The van der Waals surface area contributed by atoms with Crippen molar-refractivity contribution in [1.29, 1.82) is 0 Å². The number of hydrogen-bond acceptors (Lipinski definition) is 5.